The molecular weight excluding hydrogens is 344 g/mol. The molecule has 25 heavy (non-hydrogen) atoms. The number of hydrogen-bond donors (Lipinski definition) is 2. The van der Waals surface area contributed by atoms with Gasteiger partial charge in [0.1, 0.15) is 18.0 Å². The van der Waals surface area contributed by atoms with E-state index in [1.807, 2.05) is 6.07 Å². The monoisotopic (exact) mass is 370 g/mol. The van der Waals surface area contributed by atoms with Gasteiger partial charge in [-0.05, 0) is 19.9 Å². The highest BCUT2D eigenvalue weighted by atomic mass is 35.5. The Morgan fingerprint density at radius 3 is 2.68 bits per heavy atom. The second-order valence-electron chi connectivity index (χ2n) is 6.22. The highest BCUT2D eigenvalue weighted by Gasteiger charge is 2.23. The van der Waals surface area contributed by atoms with E-state index in [4.69, 9.17) is 4.74 Å². The molecule has 0 bridgehead atoms. The van der Waals surface area contributed by atoms with Gasteiger partial charge in [0.2, 0.25) is 5.91 Å². The summed E-state index contributed by atoms with van der Waals surface area (Å²) < 4.78 is 5.40. The van der Waals surface area contributed by atoms with Crippen molar-refractivity contribution in [1.29, 1.82) is 0 Å². The number of nitrogens with zero attached hydrogens (tertiary/aromatic N) is 4. The molecule has 0 saturated carbocycles. The Morgan fingerprint density at radius 1 is 1.24 bits per heavy atom. The van der Waals surface area contributed by atoms with Crippen LogP contribution in [-0.4, -0.2) is 74.9 Å². The van der Waals surface area contributed by atoms with Crippen LogP contribution >= 0.6 is 12.4 Å². The normalized spacial score (nSPS) is 20.8. The number of rotatable bonds is 5. The molecule has 140 valence electrons. The van der Waals surface area contributed by atoms with Crippen LogP contribution < -0.4 is 20.4 Å². The van der Waals surface area contributed by atoms with Gasteiger partial charge in [-0.15, -0.1) is 12.4 Å². The first-order valence-corrected chi connectivity index (χ1v) is 8.60. The minimum Gasteiger partial charge on any atom is -0.378 e. The lowest BCUT2D eigenvalue weighted by Gasteiger charge is -2.34. The summed E-state index contributed by atoms with van der Waals surface area (Å²) in [6.07, 6.45) is 3.68. The van der Waals surface area contributed by atoms with Crippen molar-refractivity contribution in [1.82, 2.24) is 20.6 Å². The first-order valence-electron chi connectivity index (χ1n) is 8.60. The van der Waals surface area contributed by atoms with E-state index in [-0.39, 0.29) is 24.4 Å². The van der Waals surface area contributed by atoms with Crippen LogP contribution in [0.3, 0.4) is 0 Å². The van der Waals surface area contributed by atoms with Gasteiger partial charge in [0.05, 0.1) is 19.8 Å². The second kappa shape index (κ2) is 9.74. The maximum atomic E-state index is 11.8. The Kier molecular flexibility index (Phi) is 7.67. The third-order valence-corrected chi connectivity index (χ3v) is 4.42. The number of hydrogen-bond acceptors (Lipinski definition) is 7. The van der Waals surface area contributed by atoms with Gasteiger partial charge in [-0.1, -0.05) is 0 Å². The van der Waals surface area contributed by atoms with Gasteiger partial charge in [0, 0.05) is 38.3 Å². The fraction of sp³-hybridized carbons (Fsp3) is 0.688. The molecule has 0 radical (unpaired) electrons. The van der Waals surface area contributed by atoms with Gasteiger partial charge in [0.15, 0.2) is 0 Å². The van der Waals surface area contributed by atoms with Crippen molar-refractivity contribution in [2.75, 3.05) is 62.8 Å². The number of halogens is 1. The van der Waals surface area contributed by atoms with E-state index >= 15 is 0 Å². The van der Waals surface area contributed by atoms with Crippen LogP contribution in [0.2, 0.25) is 0 Å². The maximum Gasteiger partial charge on any atom is 0.234 e. The number of amides is 1. The molecule has 8 nitrogen and oxygen atoms in total. The molecule has 2 aliphatic rings. The highest BCUT2D eigenvalue weighted by molar-refractivity contribution is 5.85. The van der Waals surface area contributed by atoms with Gasteiger partial charge in [-0.2, -0.15) is 0 Å². The lowest BCUT2D eigenvalue weighted by Crippen LogP contribution is -2.49. The molecule has 1 atom stereocenters. The molecule has 1 amide bonds. The first-order chi connectivity index (χ1) is 11.8. The topological polar surface area (TPSA) is 82.6 Å². The van der Waals surface area contributed by atoms with Crippen molar-refractivity contribution in [3.63, 3.8) is 0 Å². The zero-order valence-electron chi connectivity index (χ0n) is 14.6. The van der Waals surface area contributed by atoms with Gasteiger partial charge >= 0.3 is 0 Å². The standard InChI is InChI=1S/C16H26N6O2.ClH/c1-17-10-16(23)20-13-3-2-4-22(11-13)15-9-14(18-12-19-15)21-5-7-24-8-6-21;/h9,12-13,17H,2-8,10-11H2,1H3,(H,20,23);1H. The summed E-state index contributed by atoms with van der Waals surface area (Å²) in [6, 6.07) is 2.21. The fourth-order valence-electron chi connectivity index (χ4n) is 3.22. The van der Waals surface area contributed by atoms with Crippen LogP contribution in [-0.2, 0) is 9.53 Å². The summed E-state index contributed by atoms with van der Waals surface area (Å²) in [5, 5.41) is 5.97. The van der Waals surface area contributed by atoms with E-state index < -0.39 is 0 Å². The lowest BCUT2D eigenvalue weighted by molar-refractivity contribution is -0.120. The van der Waals surface area contributed by atoms with E-state index in [0.29, 0.717) is 6.54 Å². The minimum atomic E-state index is 0. The summed E-state index contributed by atoms with van der Waals surface area (Å²) in [4.78, 5) is 25.1. The number of piperidine rings is 1. The molecular formula is C16H27ClN6O2. The summed E-state index contributed by atoms with van der Waals surface area (Å²) in [7, 11) is 1.78. The van der Waals surface area contributed by atoms with Crippen molar-refractivity contribution >= 4 is 29.9 Å². The average Bonchev–Trinajstić information content (AvgIpc) is 2.63. The number of ether oxygens (including phenoxy) is 1. The Hall–Kier alpha value is -1.64. The molecule has 0 spiro atoms. The number of carbonyl (C=O) groups is 1. The van der Waals surface area contributed by atoms with Crippen molar-refractivity contribution in [2.45, 2.75) is 18.9 Å². The van der Waals surface area contributed by atoms with Crippen LogP contribution in [0.4, 0.5) is 11.6 Å². The molecule has 1 aromatic rings. The predicted molar refractivity (Wildman–Crippen MR) is 99.6 cm³/mol. The number of nitrogens with one attached hydrogen (secondary N) is 2. The van der Waals surface area contributed by atoms with Crippen LogP contribution in [0, 0.1) is 0 Å². The van der Waals surface area contributed by atoms with Gasteiger partial charge in [0.25, 0.3) is 0 Å². The molecule has 2 N–H and O–H groups in total. The molecule has 2 saturated heterocycles. The summed E-state index contributed by atoms with van der Waals surface area (Å²) >= 11 is 0. The van der Waals surface area contributed by atoms with Crippen molar-refractivity contribution in [3.05, 3.63) is 12.4 Å². The smallest absolute Gasteiger partial charge is 0.234 e. The van der Waals surface area contributed by atoms with Gasteiger partial charge < -0.3 is 25.2 Å². The van der Waals surface area contributed by atoms with E-state index in [9.17, 15) is 4.79 Å². The minimum absolute atomic E-state index is 0. The van der Waals surface area contributed by atoms with E-state index in [1.54, 1.807) is 13.4 Å². The van der Waals surface area contributed by atoms with Crippen LogP contribution in [0.15, 0.2) is 12.4 Å². The quantitative estimate of drug-likeness (QED) is 0.757. The SMILES string of the molecule is CNCC(=O)NC1CCCN(c2cc(N3CCOCC3)ncn2)C1.Cl. The van der Waals surface area contributed by atoms with Crippen LogP contribution in [0.25, 0.3) is 0 Å². The number of carbonyl (C=O) groups excluding carboxylic acids is 1. The molecule has 2 aliphatic heterocycles. The Labute approximate surface area is 154 Å². The highest BCUT2D eigenvalue weighted by Crippen LogP contribution is 2.22. The van der Waals surface area contributed by atoms with E-state index in [1.165, 1.54) is 0 Å². The zero-order chi connectivity index (χ0) is 16.8. The summed E-state index contributed by atoms with van der Waals surface area (Å²) in [5.41, 5.74) is 0. The molecule has 3 rings (SSSR count). The average molecular weight is 371 g/mol. The first kappa shape index (κ1) is 19.7. The molecule has 1 unspecified atom stereocenters. The zero-order valence-corrected chi connectivity index (χ0v) is 15.4. The van der Waals surface area contributed by atoms with Crippen molar-refractivity contribution in [2.24, 2.45) is 0 Å². The number of likely N-dealkylation sites (N-methyl/N-ethyl adjacent to an activating group) is 1. The maximum absolute atomic E-state index is 11.8. The molecule has 9 heteroatoms. The number of morpholine rings is 1. The summed E-state index contributed by atoms with van der Waals surface area (Å²) in [5.74, 6) is 1.92. The Morgan fingerprint density at radius 2 is 1.96 bits per heavy atom. The second-order valence-corrected chi connectivity index (χ2v) is 6.22. The molecule has 0 aromatic carbocycles. The van der Waals surface area contributed by atoms with Gasteiger partial charge in [-0.25, -0.2) is 9.97 Å². The molecule has 2 fully saturated rings. The van der Waals surface area contributed by atoms with Crippen molar-refractivity contribution < 1.29 is 9.53 Å². The summed E-state index contributed by atoms with van der Waals surface area (Å²) in [6.45, 7) is 5.29. The number of aromatic nitrogens is 2. The van der Waals surface area contributed by atoms with E-state index in [2.05, 4.69) is 30.4 Å². The van der Waals surface area contributed by atoms with Crippen LogP contribution in [0.1, 0.15) is 12.8 Å². The van der Waals surface area contributed by atoms with Crippen LogP contribution in [0.5, 0.6) is 0 Å². The third kappa shape index (κ3) is 5.42. The Balaban J connectivity index is 0.00000225. The third-order valence-electron chi connectivity index (χ3n) is 4.42. The van der Waals surface area contributed by atoms with Gasteiger partial charge in [-0.3, -0.25) is 4.79 Å². The lowest BCUT2D eigenvalue weighted by atomic mass is 10.1. The van der Waals surface area contributed by atoms with Crippen molar-refractivity contribution in [3.8, 4) is 0 Å². The fourth-order valence-corrected chi connectivity index (χ4v) is 3.22. The number of anilines is 2. The molecule has 3 heterocycles. The van der Waals surface area contributed by atoms with E-state index in [0.717, 1.165) is 63.9 Å². The molecule has 1 aromatic heterocycles. The molecule has 0 aliphatic carbocycles. The predicted octanol–water partition coefficient (Wildman–Crippen LogP) is 0.0394. The largest absolute Gasteiger partial charge is 0.378 e. The Bertz CT molecular complexity index is 555.